The van der Waals surface area contributed by atoms with Gasteiger partial charge in [-0.3, -0.25) is 9.59 Å². The van der Waals surface area contributed by atoms with E-state index in [4.69, 9.17) is 0 Å². The molecule has 1 amide bonds. The molecule has 0 bridgehead atoms. The molecule has 8 heteroatoms. The van der Waals surface area contributed by atoms with Crippen LogP contribution in [0, 0.1) is 0 Å². The molecule has 1 heterocycles. The van der Waals surface area contributed by atoms with Gasteiger partial charge >= 0.3 is 18.1 Å². The van der Waals surface area contributed by atoms with E-state index in [1.165, 1.54) is 12.0 Å². The van der Waals surface area contributed by atoms with Gasteiger partial charge in [-0.05, 0) is 12.8 Å². The highest BCUT2D eigenvalue weighted by molar-refractivity contribution is 5.88. The lowest BCUT2D eigenvalue weighted by Gasteiger charge is -2.22. The van der Waals surface area contributed by atoms with Crippen LogP contribution >= 0.6 is 0 Å². The molecule has 1 aliphatic rings. The minimum Gasteiger partial charge on any atom is -0.467 e. The van der Waals surface area contributed by atoms with E-state index in [1.54, 1.807) is 0 Å². The van der Waals surface area contributed by atoms with Crippen molar-refractivity contribution in [3.63, 3.8) is 0 Å². The van der Waals surface area contributed by atoms with Crippen molar-refractivity contribution in [2.24, 2.45) is 0 Å². The monoisotopic (exact) mass is 287 g/mol. The standard InChI is InChI=1S/C12H17NO7/c1-18-11(16)8-4-3-7-13(8)9(14)5-6-10(15)20-12(17)19-2/h8H,3-7H2,1-2H3. The Hall–Kier alpha value is -2.12. The topological polar surface area (TPSA) is 99.2 Å². The van der Waals surface area contributed by atoms with Crippen LogP contribution < -0.4 is 0 Å². The van der Waals surface area contributed by atoms with E-state index in [1.807, 2.05) is 0 Å². The second-order valence-corrected chi connectivity index (χ2v) is 4.20. The zero-order chi connectivity index (χ0) is 15.1. The molecule has 112 valence electrons. The Balaban J connectivity index is 2.44. The molecule has 1 rings (SSSR count). The Morgan fingerprint density at radius 1 is 1.10 bits per heavy atom. The first-order valence-electron chi connectivity index (χ1n) is 6.15. The summed E-state index contributed by atoms with van der Waals surface area (Å²) in [7, 11) is 2.34. The predicted molar refractivity (Wildman–Crippen MR) is 64.5 cm³/mol. The van der Waals surface area contributed by atoms with Crippen LogP contribution in [0.3, 0.4) is 0 Å². The van der Waals surface area contributed by atoms with E-state index < -0.39 is 24.1 Å². The zero-order valence-electron chi connectivity index (χ0n) is 11.4. The first-order chi connectivity index (χ1) is 9.49. The summed E-state index contributed by atoms with van der Waals surface area (Å²) in [6.45, 7) is 0.449. The van der Waals surface area contributed by atoms with Crippen molar-refractivity contribution in [1.29, 1.82) is 0 Å². The van der Waals surface area contributed by atoms with Crippen molar-refractivity contribution in [2.75, 3.05) is 20.8 Å². The number of ether oxygens (including phenoxy) is 3. The van der Waals surface area contributed by atoms with Gasteiger partial charge < -0.3 is 19.1 Å². The largest absolute Gasteiger partial charge is 0.515 e. The lowest BCUT2D eigenvalue weighted by atomic mass is 10.2. The molecular formula is C12H17NO7. The van der Waals surface area contributed by atoms with Gasteiger partial charge in [0.15, 0.2) is 0 Å². The number of methoxy groups -OCH3 is 2. The van der Waals surface area contributed by atoms with Crippen molar-refractivity contribution < 1.29 is 33.4 Å². The number of nitrogens with zero attached hydrogens (tertiary/aromatic N) is 1. The SMILES string of the molecule is COC(=O)OC(=O)CCC(=O)N1CCCC1C(=O)OC. The third-order valence-electron chi connectivity index (χ3n) is 2.95. The average Bonchev–Trinajstić information content (AvgIpc) is 2.93. The van der Waals surface area contributed by atoms with Crippen molar-refractivity contribution in [1.82, 2.24) is 4.90 Å². The molecule has 0 aromatic rings. The summed E-state index contributed by atoms with van der Waals surface area (Å²) in [5.74, 6) is -1.66. The fourth-order valence-corrected chi connectivity index (χ4v) is 1.98. The number of likely N-dealkylation sites (tertiary alicyclic amines) is 1. The summed E-state index contributed by atoms with van der Waals surface area (Å²) in [5, 5.41) is 0. The Labute approximate surface area is 115 Å². The molecule has 0 N–H and O–H groups in total. The van der Waals surface area contributed by atoms with Gasteiger partial charge in [0, 0.05) is 13.0 Å². The number of rotatable bonds is 4. The van der Waals surface area contributed by atoms with Crippen LogP contribution in [0.5, 0.6) is 0 Å². The predicted octanol–water partition coefficient (Wildman–Crippen LogP) is 0.240. The number of carbonyl (C=O) groups excluding carboxylic acids is 4. The second-order valence-electron chi connectivity index (χ2n) is 4.20. The van der Waals surface area contributed by atoms with Crippen LogP contribution in [0.4, 0.5) is 4.79 Å². The molecule has 0 aromatic heterocycles. The summed E-state index contributed by atoms with van der Waals surface area (Å²) in [4.78, 5) is 46.7. The maximum Gasteiger partial charge on any atom is 0.515 e. The normalized spacial score (nSPS) is 17.5. The van der Waals surface area contributed by atoms with Gasteiger partial charge in [-0.15, -0.1) is 0 Å². The molecule has 8 nitrogen and oxygen atoms in total. The quantitative estimate of drug-likeness (QED) is 0.539. The molecule has 1 fully saturated rings. The van der Waals surface area contributed by atoms with Crippen molar-refractivity contribution in [3.05, 3.63) is 0 Å². The maximum atomic E-state index is 11.9. The third kappa shape index (κ3) is 4.22. The molecule has 1 unspecified atom stereocenters. The Morgan fingerprint density at radius 2 is 1.80 bits per heavy atom. The number of esters is 2. The van der Waals surface area contributed by atoms with E-state index in [0.29, 0.717) is 19.4 Å². The van der Waals surface area contributed by atoms with Crippen LogP contribution in [-0.4, -0.2) is 55.7 Å². The van der Waals surface area contributed by atoms with Gasteiger partial charge in [-0.25, -0.2) is 9.59 Å². The van der Waals surface area contributed by atoms with E-state index in [2.05, 4.69) is 14.2 Å². The highest BCUT2D eigenvalue weighted by atomic mass is 16.7. The summed E-state index contributed by atoms with van der Waals surface area (Å²) >= 11 is 0. The summed E-state index contributed by atoms with van der Waals surface area (Å²) in [6.07, 6.45) is -0.249. The number of carbonyl (C=O) groups is 4. The van der Waals surface area contributed by atoms with E-state index in [9.17, 15) is 19.2 Å². The number of hydrogen-bond acceptors (Lipinski definition) is 7. The lowest BCUT2D eigenvalue weighted by molar-refractivity contribution is -0.151. The third-order valence-corrected chi connectivity index (χ3v) is 2.95. The van der Waals surface area contributed by atoms with Crippen LogP contribution in [-0.2, 0) is 28.6 Å². The Kier molecular flexibility index (Phi) is 5.95. The molecule has 1 atom stereocenters. The summed E-state index contributed by atoms with van der Waals surface area (Å²) < 4.78 is 13.0. The highest BCUT2D eigenvalue weighted by Crippen LogP contribution is 2.19. The smallest absolute Gasteiger partial charge is 0.467 e. The van der Waals surface area contributed by atoms with Crippen LogP contribution in [0.2, 0.25) is 0 Å². The van der Waals surface area contributed by atoms with Crippen LogP contribution in [0.25, 0.3) is 0 Å². The first-order valence-corrected chi connectivity index (χ1v) is 6.15. The minimum absolute atomic E-state index is 0.136. The molecule has 1 aliphatic heterocycles. The Bertz CT molecular complexity index is 407. The van der Waals surface area contributed by atoms with Crippen LogP contribution in [0.15, 0.2) is 0 Å². The molecule has 20 heavy (non-hydrogen) atoms. The van der Waals surface area contributed by atoms with Crippen LogP contribution in [0.1, 0.15) is 25.7 Å². The molecule has 0 radical (unpaired) electrons. The van der Waals surface area contributed by atoms with Gasteiger partial charge in [-0.2, -0.15) is 0 Å². The van der Waals surface area contributed by atoms with Gasteiger partial charge in [0.25, 0.3) is 0 Å². The Morgan fingerprint density at radius 3 is 2.40 bits per heavy atom. The number of hydrogen-bond donors (Lipinski definition) is 0. The fourth-order valence-electron chi connectivity index (χ4n) is 1.98. The zero-order valence-corrected chi connectivity index (χ0v) is 11.4. The van der Waals surface area contributed by atoms with Gasteiger partial charge in [0.05, 0.1) is 20.6 Å². The lowest BCUT2D eigenvalue weighted by Crippen LogP contribution is -2.41. The molecule has 1 saturated heterocycles. The molecular weight excluding hydrogens is 270 g/mol. The molecule has 0 aliphatic carbocycles. The second kappa shape index (κ2) is 7.46. The number of amides is 1. The molecule has 0 spiro atoms. The van der Waals surface area contributed by atoms with Crippen molar-refractivity contribution >= 4 is 24.0 Å². The van der Waals surface area contributed by atoms with Crippen molar-refractivity contribution in [3.8, 4) is 0 Å². The first kappa shape index (κ1) is 15.9. The van der Waals surface area contributed by atoms with E-state index in [-0.39, 0.29) is 18.7 Å². The van der Waals surface area contributed by atoms with Gasteiger partial charge in [-0.1, -0.05) is 0 Å². The van der Waals surface area contributed by atoms with E-state index >= 15 is 0 Å². The summed E-state index contributed by atoms with van der Waals surface area (Å²) in [6, 6.07) is -0.593. The summed E-state index contributed by atoms with van der Waals surface area (Å²) in [5.41, 5.74) is 0. The maximum absolute atomic E-state index is 11.9. The minimum atomic E-state index is -1.11. The molecule has 0 aromatic carbocycles. The van der Waals surface area contributed by atoms with Crippen molar-refractivity contribution in [2.45, 2.75) is 31.7 Å². The van der Waals surface area contributed by atoms with E-state index in [0.717, 1.165) is 7.11 Å². The fraction of sp³-hybridized carbons (Fsp3) is 0.667. The average molecular weight is 287 g/mol. The van der Waals surface area contributed by atoms with Gasteiger partial charge in [0.2, 0.25) is 5.91 Å². The van der Waals surface area contributed by atoms with Gasteiger partial charge in [0.1, 0.15) is 6.04 Å². The molecule has 0 saturated carbocycles. The highest BCUT2D eigenvalue weighted by Gasteiger charge is 2.34.